The number of halogens is 2. The van der Waals surface area contributed by atoms with Crippen molar-refractivity contribution >= 4 is 54.7 Å². The van der Waals surface area contributed by atoms with Gasteiger partial charge in [0, 0.05) is 11.1 Å². The van der Waals surface area contributed by atoms with Gasteiger partial charge < -0.3 is 0 Å². The van der Waals surface area contributed by atoms with Gasteiger partial charge in [0.2, 0.25) is 0 Å². The molecule has 5 heterocycles. The van der Waals surface area contributed by atoms with Crippen molar-refractivity contribution in [3.05, 3.63) is 163 Å². The molecule has 8 bridgehead atoms. The zero-order chi connectivity index (χ0) is 29.9. The Morgan fingerprint density at radius 3 is 1.18 bits per heavy atom. The van der Waals surface area contributed by atoms with Crippen molar-refractivity contribution in [1.82, 2.24) is 0 Å². The molecule has 0 radical (unpaired) electrons. The molecule has 0 aromatic heterocycles. The highest BCUT2D eigenvalue weighted by Crippen LogP contribution is 2.34. The summed E-state index contributed by atoms with van der Waals surface area (Å²) >= 11 is 7.69. The van der Waals surface area contributed by atoms with Gasteiger partial charge in [-0.25, -0.2) is 20.0 Å². The van der Waals surface area contributed by atoms with Gasteiger partial charge in [-0.1, -0.05) is 60.7 Å². The first-order valence-corrected chi connectivity index (χ1v) is 16.6. The maximum Gasteiger partial charge on any atom is 0.0801 e. The van der Waals surface area contributed by atoms with Gasteiger partial charge in [0.15, 0.2) is 0 Å². The van der Waals surface area contributed by atoms with E-state index >= 15 is 0 Å². The molecule has 0 saturated carbocycles. The number of aliphatic imine (C=N–C) groups is 4. The summed E-state index contributed by atoms with van der Waals surface area (Å²) in [7, 11) is 0. The van der Waals surface area contributed by atoms with Gasteiger partial charge in [-0.15, -0.1) is 0 Å². The van der Waals surface area contributed by atoms with Gasteiger partial charge in [0.1, 0.15) is 0 Å². The standard InChI is InChI=1S/C38H30Br2N4/c39-37-33-21-17-29(41-33)27(15-7-13-25-9-3-1-4-10-25)30-18-22-34(42-30)38(40)36-24-20-32(44-36)28(31-19-23-35(37)43-31)16-8-14-26-11-5-2-6-12-26/h1-6,9-12,17-24H,7-8,13-16H2. The lowest BCUT2D eigenvalue weighted by Crippen LogP contribution is -2.03. The molecule has 7 rings (SSSR count). The van der Waals surface area contributed by atoms with Crippen LogP contribution in [0.1, 0.15) is 36.8 Å². The third kappa shape index (κ3) is 6.15. The molecule has 0 fully saturated rings. The van der Waals surface area contributed by atoms with Crippen LogP contribution >= 0.6 is 31.9 Å². The van der Waals surface area contributed by atoms with Crippen molar-refractivity contribution in [3.8, 4) is 0 Å². The lowest BCUT2D eigenvalue weighted by Gasteiger charge is -2.10. The van der Waals surface area contributed by atoms with Gasteiger partial charge in [-0.2, -0.15) is 0 Å². The van der Waals surface area contributed by atoms with Gasteiger partial charge >= 0.3 is 0 Å². The maximum absolute atomic E-state index is 5.09. The van der Waals surface area contributed by atoms with Crippen LogP contribution in [0, 0.1) is 0 Å². The fraction of sp³-hybridized carbons (Fsp3) is 0.158. The minimum absolute atomic E-state index is 0.871. The Kier molecular flexibility index (Phi) is 8.45. The first kappa shape index (κ1) is 28.8. The second kappa shape index (κ2) is 12.9. The Morgan fingerprint density at radius 2 is 0.750 bits per heavy atom. The number of fused-ring (bicyclic) bond motifs is 4. The Morgan fingerprint density at radius 1 is 0.386 bits per heavy atom. The quantitative estimate of drug-likeness (QED) is 0.263. The van der Waals surface area contributed by atoms with E-state index in [1.807, 2.05) is 0 Å². The van der Waals surface area contributed by atoms with E-state index in [2.05, 4.69) is 141 Å². The topological polar surface area (TPSA) is 49.4 Å². The number of hydrogen-bond acceptors (Lipinski definition) is 4. The number of rotatable bonds is 8. The van der Waals surface area contributed by atoms with E-state index in [0.717, 1.165) is 104 Å². The van der Waals surface area contributed by atoms with Crippen LogP contribution in [-0.2, 0) is 12.8 Å². The minimum Gasteiger partial charge on any atom is -0.247 e. The Balaban J connectivity index is 1.26. The molecule has 6 heteroatoms. The monoisotopic (exact) mass is 700 g/mol. The van der Waals surface area contributed by atoms with Crippen LogP contribution in [0.25, 0.3) is 0 Å². The molecule has 0 atom stereocenters. The first-order valence-electron chi connectivity index (χ1n) is 15.0. The molecule has 5 aliphatic heterocycles. The highest BCUT2D eigenvalue weighted by molar-refractivity contribution is 9.12. The summed E-state index contributed by atoms with van der Waals surface area (Å²) in [6, 6.07) is 21.3. The SMILES string of the molecule is BrC1=C2C=CC(=N2)C(CCCc2ccccc2)=C2C=CC(=N2)C(Br)=C2C=CC(=N2)C(CCCc2ccccc2)=C2C=CC1=N2. The fourth-order valence-electron chi connectivity index (χ4n) is 5.88. The molecular formula is C38H30Br2N4. The molecule has 216 valence electrons. The summed E-state index contributed by atoms with van der Waals surface area (Å²) in [5.74, 6) is 0. The number of aryl methyl sites for hydroxylation is 2. The van der Waals surface area contributed by atoms with Crippen LogP contribution in [-0.4, -0.2) is 22.8 Å². The summed E-state index contributed by atoms with van der Waals surface area (Å²) in [5, 5.41) is 0. The normalized spacial score (nSPS) is 18.6. The van der Waals surface area contributed by atoms with E-state index in [9.17, 15) is 0 Å². The number of hydrogen-bond donors (Lipinski definition) is 0. The van der Waals surface area contributed by atoms with Crippen molar-refractivity contribution in [2.75, 3.05) is 0 Å². The van der Waals surface area contributed by atoms with Gasteiger partial charge in [-0.05, 0) is 130 Å². The molecule has 0 unspecified atom stereocenters. The second-order valence-corrected chi connectivity index (χ2v) is 12.7. The molecule has 2 aromatic carbocycles. The summed E-state index contributed by atoms with van der Waals surface area (Å²) in [4.78, 5) is 20.4. The van der Waals surface area contributed by atoms with Crippen LogP contribution in [0.15, 0.2) is 172 Å². The van der Waals surface area contributed by atoms with E-state index in [0.29, 0.717) is 0 Å². The van der Waals surface area contributed by atoms with Crippen molar-refractivity contribution in [3.63, 3.8) is 0 Å². The lowest BCUT2D eigenvalue weighted by molar-refractivity contribution is 0.825. The molecule has 5 aliphatic rings. The lowest BCUT2D eigenvalue weighted by atomic mass is 9.99. The summed E-state index contributed by atoms with van der Waals surface area (Å²) < 4.78 is 1.77. The third-order valence-electron chi connectivity index (χ3n) is 8.17. The van der Waals surface area contributed by atoms with E-state index in [1.165, 1.54) is 11.1 Å². The average molecular weight is 702 g/mol. The molecule has 0 spiro atoms. The van der Waals surface area contributed by atoms with E-state index < -0.39 is 0 Å². The van der Waals surface area contributed by atoms with Crippen LogP contribution in [0.2, 0.25) is 0 Å². The second-order valence-electron chi connectivity index (χ2n) is 11.1. The van der Waals surface area contributed by atoms with Gasteiger partial charge in [-0.3, -0.25) is 0 Å². The molecule has 0 amide bonds. The fourth-order valence-corrected chi connectivity index (χ4v) is 6.76. The predicted octanol–water partition coefficient (Wildman–Crippen LogP) is 9.81. The van der Waals surface area contributed by atoms with Crippen molar-refractivity contribution in [1.29, 1.82) is 0 Å². The molecule has 0 aliphatic carbocycles. The largest absolute Gasteiger partial charge is 0.247 e. The summed E-state index contributed by atoms with van der Waals surface area (Å²) in [6.07, 6.45) is 22.5. The Bertz CT molecular complexity index is 1750. The summed E-state index contributed by atoms with van der Waals surface area (Å²) in [6.45, 7) is 0. The van der Waals surface area contributed by atoms with Crippen LogP contribution < -0.4 is 0 Å². The summed E-state index contributed by atoms with van der Waals surface area (Å²) in [5.41, 5.74) is 12.3. The number of allylic oxidation sites excluding steroid dienone is 12. The molecule has 4 nitrogen and oxygen atoms in total. The van der Waals surface area contributed by atoms with Gasteiger partial charge in [0.25, 0.3) is 0 Å². The van der Waals surface area contributed by atoms with E-state index in [1.54, 1.807) is 0 Å². The zero-order valence-corrected chi connectivity index (χ0v) is 27.4. The maximum atomic E-state index is 5.09. The van der Waals surface area contributed by atoms with E-state index in [4.69, 9.17) is 20.0 Å². The molecule has 0 N–H and O–H groups in total. The highest BCUT2D eigenvalue weighted by atomic mass is 79.9. The third-order valence-corrected chi connectivity index (χ3v) is 9.79. The van der Waals surface area contributed by atoms with Crippen LogP contribution in [0.4, 0.5) is 0 Å². The van der Waals surface area contributed by atoms with Crippen LogP contribution in [0.5, 0.6) is 0 Å². The number of benzene rings is 2. The Hall–Kier alpha value is -4.00. The molecule has 44 heavy (non-hydrogen) atoms. The smallest absolute Gasteiger partial charge is 0.0801 e. The van der Waals surface area contributed by atoms with Gasteiger partial charge in [0.05, 0.1) is 54.6 Å². The van der Waals surface area contributed by atoms with Crippen molar-refractivity contribution in [2.24, 2.45) is 20.0 Å². The number of nitrogens with zero attached hydrogens (tertiary/aromatic N) is 4. The van der Waals surface area contributed by atoms with Crippen molar-refractivity contribution < 1.29 is 0 Å². The Labute approximate surface area is 275 Å². The van der Waals surface area contributed by atoms with Crippen molar-refractivity contribution in [2.45, 2.75) is 38.5 Å². The van der Waals surface area contributed by atoms with E-state index in [-0.39, 0.29) is 0 Å². The minimum atomic E-state index is 0.871. The molecule has 2 aromatic rings. The highest BCUT2D eigenvalue weighted by Gasteiger charge is 2.24. The molecule has 0 saturated heterocycles. The predicted molar refractivity (Wildman–Crippen MR) is 191 cm³/mol. The first-order chi connectivity index (χ1) is 21.6. The average Bonchev–Trinajstić information content (AvgIpc) is 3.89. The van der Waals surface area contributed by atoms with Crippen LogP contribution in [0.3, 0.4) is 0 Å². The zero-order valence-electron chi connectivity index (χ0n) is 24.2. The molecular weight excluding hydrogens is 672 g/mol.